The minimum absolute atomic E-state index is 0.0534. The summed E-state index contributed by atoms with van der Waals surface area (Å²) in [7, 11) is 0. The van der Waals surface area contributed by atoms with E-state index in [0.717, 1.165) is 0 Å². The number of hydrogen-bond donors (Lipinski definition) is 1. The molecular weight excluding hydrogens is 278 g/mol. The Morgan fingerprint density at radius 3 is 2.27 bits per heavy atom. The zero-order valence-electron chi connectivity index (χ0n) is 14.0. The van der Waals surface area contributed by atoms with E-state index in [1.165, 1.54) is 19.3 Å². The first-order valence-corrected chi connectivity index (χ1v) is 8.33. The van der Waals surface area contributed by atoms with Gasteiger partial charge in [0.1, 0.15) is 0 Å². The standard InChI is InChI=1S/C17H29N3O2/c1-13-5-4-8-17(2,3)14(13)6-7-15(21)19-9-11-20(12-10-19)16(18)22/h6-7,13-14H,4-5,8-12H2,1-3H3,(H2,18,22)/t13-,14-/m0/s1. The highest BCUT2D eigenvalue weighted by atomic mass is 16.2. The van der Waals surface area contributed by atoms with Crippen LogP contribution in [0.3, 0.4) is 0 Å². The third kappa shape index (κ3) is 3.81. The van der Waals surface area contributed by atoms with Crippen LogP contribution in [0.15, 0.2) is 12.2 Å². The lowest BCUT2D eigenvalue weighted by Crippen LogP contribution is -2.51. The van der Waals surface area contributed by atoms with Crippen molar-refractivity contribution < 1.29 is 9.59 Å². The van der Waals surface area contributed by atoms with Crippen molar-refractivity contribution in [3.05, 3.63) is 12.2 Å². The first kappa shape index (κ1) is 16.8. The zero-order valence-corrected chi connectivity index (χ0v) is 14.0. The first-order valence-electron chi connectivity index (χ1n) is 8.33. The fraction of sp³-hybridized carbons (Fsp3) is 0.765. The average Bonchev–Trinajstić information content (AvgIpc) is 2.46. The molecule has 0 unspecified atom stereocenters. The van der Waals surface area contributed by atoms with Gasteiger partial charge >= 0.3 is 6.03 Å². The first-order chi connectivity index (χ1) is 10.3. The largest absolute Gasteiger partial charge is 0.351 e. The minimum Gasteiger partial charge on any atom is -0.351 e. The van der Waals surface area contributed by atoms with Gasteiger partial charge in [-0.15, -0.1) is 0 Å². The molecule has 1 aliphatic carbocycles. The molecule has 22 heavy (non-hydrogen) atoms. The predicted octanol–water partition coefficient (Wildman–Crippen LogP) is 2.23. The molecule has 0 aromatic rings. The number of amides is 3. The maximum absolute atomic E-state index is 12.3. The van der Waals surface area contributed by atoms with Crippen LogP contribution in [-0.4, -0.2) is 47.9 Å². The molecule has 0 radical (unpaired) electrons. The monoisotopic (exact) mass is 307 g/mol. The number of allylic oxidation sites excluding steroid dienone is 1. The van der Waals surface area contributed by atoms with Gasteiger partial charge in [0.25, 0.3) is 0 Å². The lowest BCUT2D eigenvalue weighted by molar-refractivity contribution is -0.127. The number of nitrogens with zero attached hydrogens (tertiary/aromatic N) is 2. The summed E-state index contributed by atoms with van der Waals surface area (Å²) in [5.74, 6) is 1.13. The van der Waals surface area contributed by atoms with Crippen molar-refractivity contribution in [1.29, 1.82) is 0 Å². The van der Waals surface area contributed by atoms with Crippen LogP contribution in [0.5, 0.6) is 0 Å². The smallest absolute Gasteiger partial charge is 0.314 e. The lowest BCUT2D eigenvalue weighted by Gasteiger charge is -2.41. The third-order valence-electron chi connectivity index (χ3n) is 5.35. The molecule has 1 heterocycles. The number of urea groups is 1. The van der Waals surface area contributed by atoms with Crippen LogP contribution in [0.1, 0.15) is 40.0 Å². The summed E-state index contributed by atoms with van der Waals surface area (Å²) in [5.41, 5.74) is 5.52. The highest BCUT2D eigenvalue weighted by molar-refractivity contribution is 5.87. The van der Waals surface area contributed by atoms with Gasteiger partial charge in [-0.2, -0.15) is 0 Å². The highest BCUT2D eigenvalue weighted by Crippen LogP contribution is 2.44. The van der Waals surface area contributed by atoms with Gasteiger partial charge in [0.2, 0.25) is 5.91 Å². The average molecular weight is 307 g/mol. The van der Waals surface area contributed by atoms with Crippen molar-refractivity contribution in [2.75, 3.05) is 26.2 Å². The van der Waals surface area contributed by atoms with Gasteiger partial charge in [-0.3, -0.25) is 4.79 Å². The molecule has 5 nitrogen and oxygen atoms in total. The van der Waals surface area contributed by atoms with E-state index < -0.39 is 6.03 Å². The van der Waals surface area contributed by atoms with Gasteiger partial charge in [0.05, 0.1) is 0 Å². The van der Waals surface area contributed by atoms with Gasteiger partial charge in [-0.25, -0.2) is 4.79 Å². The van der Waals surface area contributed by atoms with Gasteiger partial charge in [-0.1, -0.05) is 39.7 Å². The topological polar surface area (TPSA) is 66.6 Å². The van der Waals surface area contributed by atoms with Crippen molar-refractivity contribution in [3.63, 3.8) is 0 Å². The summed E-state index contributed by atoms with van der Waals surface area (Å²) >= 11 is 0. The van der Waals surface area contributed by atoms with E-state index in [1.54, 1.807) is 15.9 Å². The maximum atomic E-state index is 12.3. The van der Waals surface area contributed by atoms with Gasteiger partial charge in [-0.05, 0) is 29.7 Å². The van der Waals surface area contributed by atoms with Crippen molar-refractivity contribution in [1.82, 2.24) is 9.80 Å². The van der Waals surface area contributed by atoms with Crippen LogP contribution in [0.2, 0.25) is 0 Å². The summed E-state index contributed by atoms with van der Waals surface area (Å²) in [6.45, 7) is 9.07. The molecule has 1 aliphatic heterocycles. The Bertz CT molecular complexity index is 451. The molecule has 0 aromatic carbocycles. The fourth-order valence-electron chi connectivity index (χ4n) is 3.88. The summed E-state index contributed by atoms with van der Waals surface area (Å²) in [6, 6.07) is -0.402. The summed E-state index contributed by atoms with van der Waals surface area (Å²) in [4.78, 5) is 26.8. The van der Waals surface area contributed by atoms with E-state index in [-0.39, 0.29) is 11.3 Å². The Hall–Kier alpha value is -1.52. The molecule has 0 bridgehead atoms. The van der Waals surface area contributed by atoms with E-state index >= 15 is 0 Å². The summed E-state index contributed by atoms with van der Waals surface area (Å²) in [5, 5.41) is 0. The van der Waals surface area contributed by atoms with Crippen molar-refractivity contribution in [2.45, 2.75) is 40.0 Å². The number of primary amides is 1. The zero-order chi connectivity index (χ0) is 16.3. The maximum Gasteiger partial charge on any atom is 0.314 e. The molecule has 2 N–H and O–H groups in total. The molecule has 0 aromatic heterocycles. The molecule has 0 spiro atoms. The third-order valence-corrected chi connectivity index (χ3v) is 5.35. The van der Waals surface area contributed by atoms with Crippen LogP contribution in [-0.2, 0) is 4.79 Å². The highest BCUT2D eigenvalue weighted by Gasteiger charge is 2.35. The van der Waals surface area contributed by atoms with Gasteiger partial charge < -0.3 is 15.5 Å². The van der Waals surface area contributed by atoms with E-state index in [1.807, 2.05) is 0 Å². The molecule has 5 heteroatoms. The number of hydrogen-bond acceptors (Lipinski definition) is 2. The van der Waals surface area contributed by atoms with Gasteiger partial charge in [0.15, 0.2) is 0 Å². The molecule has 2 atom stereocenters. The summed E-state index contributed by atoms with van der Waals surface area (Å²) < 4.78 is 0. The second-order valence-electron chi connectivity index (χ2n) is 7.39. The molecule has 124 valence electrons. The van der Waals surface area contributed by atoms with Crippen molar-refractivity contribution in [3.8, 4) is 0 Å². The van der Waals surface area contributed by atoms with Crippen molar-refractivity contribution >= 4 is 11.9 Å². The molecule has 1 saturated heterocycles. The number of rotatable bonds is 2. The number of piperazine rings is 1. The van der Waals surface area contributed by atoms with Crippen molar-refractivity contribution in [2.24, 2.45) is 23.0 Å². The van der Waals surface area contributed by atoms with Crippen LogP contribution >= 0.6 is 0 Å². The number of carbonyl (C=O) groups excluding carboxylic acids is 2. The fourth-order valence-corrected chi connectivity index (χ4v) is 3.88. The van der Waals surface area contributed by atoms with Crippen LogP contribution < -0.4 is 5.73 Å². The summed E-state index contributed by atoms with van der Waals surface area (Å²) in [6.07, 6.45) is 7.60. The normalized spacial score (nSPS) is 28.9. The number of nitrogens with two attached hydrogens (primary N) is 1. The Labute approximate surface area is 133 Å². The van der Waals surface area contributed by atoms with E-state index in [2.05, 4.69) is 26.8 Å². The SMILES string of the molecule is C[C@H]1CCCC(C)(C)[C@H]1C=CC(=O)N1CCN(C(N)=O)CC1. The van der Waals surface area contributed by atoms with E-state index in [0.29, 0.717) is 38.0 Å². The molecule has 3 amide bonds. The van der Waals surface area contributed by atoms with Gasteiger partial charge in [0, 0.05) is 26.2 Å². The lowest BCUT2D eigenvalue weighted by atomic mass is 9.64. The second-order valence-corrected chi connectivity index (χ2v) is 7.39. The molecule has 1 saturated carbocycles. The Kier molecular flexibility index (Phi) is 5.14. The van der Waals surface area contributed by atoms with Crippen LogP contribution in [0.25, 0.3) is 0 Å². The second kappa shape index (κ2) is 6.71. The molecule has 2 fully saturated rings. The molecule has 2 aliphatic rings. The Morgan fingerprint density at radius 2 is 1.73 bits per heavy atom. The van der Waals surface area contributed by atoms with E-state index in [9.17, 15) is 9.59 Å². The van der Waals surface area contributed by atoms with Crippen LogP contribution in [0.4, 0.5) is 4.79 Å². The number of carbonyl (C=O) groups is 2. The van der Waals surface area contributed by atoms with Crippen LogP contribution in [0, 0.1) is 17.3 Å². The quantitative estimate of drug-likeness (QED) is 0.795. The molecule has 2 rings (SSSR count). The van der Waals surface area contributed by atoms with E-state index in [4.69, 9.17) is 5.73 Å². The predicted molar refractivity (Wildman–Crippen MR) is 87.2 cm³/mol. The minimum atomic E-state index is -0.402. The Balaban J connectivity index is 1.92. The molecular formula is C17H29N3O2. The Morgan fingerprint density at radius 1 is 1.14 bits per heavy atom.